The van der Waals surface area contributed by atoms with E-state index in [1.807, 2.05) is 36.4 Å². The van der Waals surface area contributed by atoms with Crippen LogP contribution in [0.5, 0.6) is 0 Å². The van der Waals surface area contributed by atoms with E-state index in [4.69, 9.17) is 4.98 Å². The topological polar surface area (TPSA) is 58.1 Å². The van der Waals surface area contributed by atoms with Gasteiger partial charge in [-0.05, 0) is 25.7 Å². The summed E-state index contributed by atoms with van der Waals surface area (Å²) < 4.78 is 0. The van der Waals surface area contributed by atoms with E-state index in [2.05, 4.69) is 22.1 Å². The molecule has 1 aliphatic heterocycles. The Morgan fingerprint density at radius 2 is 1.88 bits per heavy atom. The summed E-state index contributed by atoms with van der Waals surface area (Å²) in [5.74, 6) is 1.35. The van der Waals surface area contributed by atoms with E-state index in [0.29, 0.717) is 18.1 Å². The third-order valence-electron chi connectivity index (χ3n) is 4.47. The fraction of sp³-hybridized carbons (Fsp3) is 0.450. The first-order valence-corrected chi connectivity index (χ1v) is 9.25. The molecule has 1 saturated heterocycles. The van der Waals surface area contributed by atoms with Crippen molar-refractivity contribution in [1.29, 1.82) is 0 Å². The van der Waals surface area contributed by atoms with Crippen LogP contribution >= 0.6 is 0 Å². The minimum absolute atomic E-state index is 0.119. The van der Waals surface area contributed by atoms with Gasteiger partial charge in [0.05, 0.1) is 0 Å². The smallest absolute Gasteiger partial charge is 0.270 e. The number of hydrogen-bond acceptors (Lipinski definition) is 4. The third kappa shape index (κ3) is 4.56. The molecule has 0 atom stereocenters. The first-order valence-electron chi connectivity index (χ1n) is 9.25. The van der Waals surface area contributed by atoms with Crippen LogP contribution in [0.1, 0.15) is 49.5 Å². The molecule has 5 nitrogen and oxygen atoms in total. The van der Waals surface area contributed by atoms with Gasteiger partial charge in [0.1, 0.15) is 11.5 Å². The van der Waals surface area contributed by atoms with E-state index >= 15 is 0 Å². The summed E-state index contributed by atoms with van der Waals surface area (Å²) >= 11 is 0. The second kappa shape index (κ2) is 8.60. The van der Waals surface area contributed by atoms with Crippen LogP contribution in [0.3, 0.4) is 0 Å². The molecule has 5 heteroatoms. The summed E-state index contributed by atoms with van der Waals surface area (Å²) in [6.07, 6.45) is 5.63. The SMILES string of the molecule is CCCCNC(=O)c1cc(N2CCCCC2)nc(-c2ccccc2)n1. The number of nitrogens with one attached hydrogen (secondary N) is 1. The highest BCUT2D eigenvalue weighted by Crippen LogP contribution is 2.23. The Morgan fingerprint density at radius 1 is 1.12 bits per heavy atom. The molecule has 0 aliphatic carbocycles. The molecule has 1 aromatic heterocycles. The van der Waals surface area contributed by atoms with Gasteiger partial charge in [0.15, 0.2) is 5.82 Å². The fourth-order valence-corrected chi connectivity index (χ4v) is 3.02. The quantitative estimate of drug-likeness (QED) is 0.817. The van der Waals surface area contributed by atoms with Crippen molar-refractivity contribution < 1.29 is 4.79 Å². The van der Waals surface area contributed by atoms with Crippen molar-refractivity contribution in [2.45, 2.75) is 39.0 Å². The van der Waals surface area contributed by atoms with Gasteiger partial charge in [0, 0.05) is 31.3 Å². The molecule has 25 heavy (non-hydrogen) atoms. The Kier molecular flexibility index (Phi) is 5.99. The zero-order valence-corrected chi connectivity index (χ0v) is 14.9. The molecule has 3 rings (SSSR count). The molecular formula is C20H26N4O. The minimum atomic E-state index is -0.119. The first kappa shape index (κ1) is 17.4. The molecule has 132 valence electrons. The molecule has 2 aromatic rings. The van der Waals surface area contributed by atoms with Gasteiger partial charge in [-0.25, -0.2) is 9.97 Å². The van der Waals surface area contributed by atoms with Crippen molar-refractivity contribution in [3.63, 3.8) is 0 Å². The lowest BCUT2D eigenvalue weighted by atomic mass is 10.1. The molecule has 1 N–H and O–H groups in total. The molecular weight excluding hydrogens is 312 g/mol. The van der Waals surface area contributed by atoms with Crippen LogP contribution < -0.4 is 10.2 Å². The predicted octanol–water partition coefficient (Wildman–Crippen LogP) is 3.66. The molecule has 0 radical (unpaired) electrons. The van der Waals surface area contributed by atoms with E-state index in [-0.39, 0.29) is 5.91 Å². The van der Waals surface area contributed by atoms with Crippen molar-refractivity contribution >= 4 is 11.7 Å². The van der Waals surface area contributed by atoms with Gasteiger partial charge in [0.25, 0.3) is 5.91 Å². The zero-order chi connectivity index (χ0) is 17.5. The van der Waals surface area contributed by atoms with Crippen molar-refractivity contribution in [3.8, 4) is 11.4 Å². The van der Waals surface area contributed by atoms with E-state index in [9.17, 15) is 4.79 Å². The molecule has 1 aromatic carbocycles. The highest BCUT2D eigenvalue weighted by Gasteiger charge is 2.18. The average Bonchev–Trinajstić information content (AvgIpc) is 2.69. The fourth-order valence-electron chi connectivity index (χ4n) is 3.02. The summed E-state index contributed by atoms with van der Waals surface area (Å²) in [5.41, 5.74) is 1.38. The number of amides is 1. The Morgan fingerprint density at radius 3 is 2.60 bits per heavy atom. The van der Waals surface area contributed by atoms with Crippen LogP contribution in [0, 0.1) is 0 Å². The number of carbonyl (C=O) groups is 1. The Bertz CT molecular complexity index is 696. The Hall–Kier alpha value is -2.43. The second-order valence-corrected chi connectivity index (χ2v) is 6.46. The van der Waals surface area contributed by atoms with Gasteiger partial charge in [-0.1, -0.05) is 43.7 Å². The minimum Gasteiger partial charge on any atom is -0.356 e. The van der Waals surface area contributed by atoms with Crippen LogP contribution in [0.2, 0.25) is 0 Å². The zero-order valence-electron chi connectivity index (χ0n) is 14.9. The maximum absolute atomic E-state index is 12.5. The van der Waals surface area contributed by atoms with Crippen LogP contribution in [-0.4, -0.2) is 35.5 Å². The lowest BCUT2D eigenvalue weighted by molar-refractivity contribution is 0.0948. The number of carbonyl (C=O) groups excluding carboxylic acids is 1. The molecule has 0 bridgehead atoms. The number of hydrogen-bond donors (Lipinski definition) is 1. The molecule has 1 aliphatic rings. The average molecular weight is 338 g/mol. The molecule has 1 fully saturated rings. The maximum atomic E-state index is 12.5. The van der Waals surface area contributed by atoms with Crippen LogP contribution in [-0.2, 0) is 0 Å². The summed E-state index contributed by atoms with van der Waals surface area (Å²) in [6.45, 7) is 4.77. The maximum Gasteiger partial charge on any atom is 0.270 e. The Labute approximate surface area is 149 Å². The number of unbranched alkanes of at least 4 members (excludes halogenated alkanes) is 1. The highest BCUT2D eigenvalue weighted by molar-refractivity contribution is 5.93. The highest BCUT2D eigenvalue weighted by atomic mass is 16.1. The summed E-state index contributed by atoms with van der Waals surface area (Å²) in [6, 6.07) is 11.7. The number of piperidine rings is 1. The van der Waals surface area contributed by atoms with E-state index in [1.54, 1.807) is 0 Å². The number of aromatic nitrogens is 2. The molecule has 0 saturated carbocycles. The first-order chi connectivity index (χ1) is 12.3. The second-order valence-electron chi connectivity index (χ2n) is 6.46. The van der Waals surface area contributed by atoms with Crippen molar-refractivity contribution in [3.05, 3.63) is 42.1 Å². The van der Waals surface area contributed by atoms with Crippen molar-refractivity contribution in [1.82, 2.24) is 15.3 Å². The van der Waals surface area contributed by atoms with Gasteiger partial charge in [-0.15, -0.1) is 0 Å². The van der Waals surface area contributed by atoms with E-state index in [0.717, 1.165) is 37.3 Å². The van der Waals surface area contributed by atoms with Gasteiger partial charge >= 0.3 is 0 Å². The monoisotopic (exact) mass is 338 g/mol. The van der Waals surface area contributed by atoms with Crippen molar-refractivity contribution in [2.75, 3.05) is 24.5 Å². The van der Waals surface area contributed by atoms with Gasteiger partial charge in [-0.2, -0.15) is 0 Å². The number of anilines is 1. The Balaban J connectivity index is 1.91. The number of benzene rings is 1. The van der Waals surface area contributed by atoms with Crippen LogP contribution in [0.4, 0.5) is 5.82 Å². The largest absolute Gasteiger partial charge is 0.356 e. The van der Waals surface area contributed by atoms with Crippen LogP contribution in [0.25, 0.3) is 11.4 Å². The summed E-state index contributed by atoms with van der Waals surface area (Å²) in [7, 11) is 0. The van der Waals surface area contributed by atoms with Gasteiger partial charge < -0.3 is 10.2 Å². The van der Waals surface area contributed by atoms with E-state index < -0.39 is 0 Å². The molecule has 0 unspecified atom stereocenters. The number of rotatable bonds is 6. The molecule has 0 spiro atoms. The summed E-state index contributed by atoms with van der Waals surface area (Å²) in [4.78, 5) is 24.1. The van der Waals surface area contributed by atoms with E-state index in [1.165, 1.54) is 19.3 Å². The molecule has 1 amide bonds. The third-order valence-corrected chi connectivity index (χ3v) is 4.47. The lowest BCUT2D eigenvalue weighted by Gasteiger charge is -2.28. The predicted molar refractivity (Wildman–Crippen MR) is 101 cm³/mol. The van der Waals surface area contributed by atoms with Crippen LogP contribution in [0.15, 0.2) is 36.4 Å². The van der Waals surface area contributed by atoms with Gasteiger partial charge in [-0.3, -0.25) is 4.79 Å². The lowest BCUT2D eigenvalue weighted by Crippen LogP contribution is -2.31. The standard InChI is InChI=1S/C20H26N4O/c1-2-3-12-21-20(25)17-15-18(24-13-8-5-9-14-24)23-19(22-17)16-10-6-4-7-11-16/h4,6-7,10-11,15H,2-3,5,8-9,12-14H2,1H3,(H,21,25). The number of nitrogens with zero attached hydrogens (tertiary/aromatic N) is 3. The van der Waals surface area contributed by atoms with Gasteiger partial charge in [0.2, 0.25) is 0 Å². The summed E-state index contributed by atoms with van der Waals surface area (Å²) in [5, 5.41) is 2.96. The molecule has 2 heterocycles. The van der Waals surface area contributed by atoms with Crippen molar-refractivity contribution in [2.24, 2.45) is 0 Å². The normalized spacial score (nSPS) is 14.4.